The molecule has 1 N–H and O–H groups in total. The van der Waals surface area contributed by atoms with Gasteiger partial charge in [0.05, 0.1) is 16.6 Å². The van der Waals surface area contributed by atoms with Crippen LogP contribution in [0.2, 0.25) is 0 Å². The summed E-state index contributed by atoms with van der Waals surface area (Å²) in [7, 11) is 0. The van der Waals surface area contributed by atoms with Crippen molar-refractivity contribution in [1.29, 1.82) is 5.26 Å². The monoisotopic (exact) mass is 231 g/mol. The highest BCUT2D eigenvalue weighted by molar-refractivity contribution is 5.64. The van der Waals surface area contributed by atoms with E-state index in [1.807, 2.05) is 6.07 Å². The zero-order valence-corrected chi connectivity index (χ0v) is 9.35. The summed E-state index contributed by atoms with van der Waals surface area (Å²) in [5, 5.41) is 22.6. The molecule has 0 unspecified atom stereocenters. The fourth-order valence-corrected chi connectivity index (χ4v) is 1.72. The maximum absolute atomic E-state index is 10.8. The fraction of sp³-hybridized carbons (Fsp3) is 0.417. The van der Waals surface area contributed by atoms with Gasteiger partial charge in [-0.15, -0.1) is 0 Å². The third-order valence-electron chi connectivity index (χ3n) is 2.89. The number of benzene rings is 1. The minimum atomic E-state index is -0.430. The van der Waals surface area contributed by atoms with Crippen molar-refractivity contribution in [2.24, 2.45) is 5.92 Å². The summed E-state index contributed by atoms with van der Waals surface area (Å²) in [5.74, 6) is 0.778. The molecular formula is C12H13N3O2. The highest BCUT2D eigenvalue weighted by atomic mass is 16.6. The molecule has 0 aromatic heterocycles. The van der Waals surface area contributed by atoms with Crippen molar-refractivity contribution >= 4 is 11.4 Å². The van der Waals surface area contributed by atoms with Gasteiger partial charge >= 0.3 is 0 Å². The molecule has 1 saturated carbocycles. The van der Waals surface area contributed by atoms with Gasteiger partial charge in [-0.2, -0.15) is 5.26 Å². The lowest BCUT2D eigenvalue weighted by atomic mass is 10.2. The topological polar surface area (TPSA) is 79.0 Å². The second kappa shape index (κ2) is 4.83. The first-order chi connectivity index (χ1) is 8.20. The first-order valence-corrected chi connectivity index (χ1v) is 5.63. The van der Waals surface area contributed by atoms with Gasteiger partial charge in [0.1, 0.15) is 5.69 Å². The third-order valence-corrected chi connectivity index (χ3v) is 2.89. The number of hydrogen-bond acceptors (Lipinski definition) is 4. The first kappa shape index (κ1) is 11.4. The summed E-state index contributed by atoms with van der Waals surface area (Å²) in [6.07, 6.45) is 3.57. The Morgan fingerprint density at radius 2 is 2.29 bits per heavy atom. The lowest BCUT2D eigenvalue weighted by Gasteiger charge is -2.06. The molecule has 0 spiro atoms. The molecule has 5 heteroatoms. The Morgan fingerprint density at radius 1 is 1.53 bits per heavy atom. The second-order valence-electron chi connectivity index (χ2n) is 4.26. The molecule has 0 heterocycles. The lowest BCUT2D eigenvalue weighted by molar-refractivity contribution is -0.384. The number of nitro groups is 1. The first-order valence-electron chi connectivity index (χ1n) is 5.63. The van der Waals surface area contributed by atoms with Gasteiger partial charge in [0.2, 0.25) is 0 Å². The molecule has 0 saturated heterocycles. The normalized spacial score (nSPS) is 14.1. The summed E-state index contributed by atoms with van der Waals surface area (Å²) in [5.41, 5.74) is 0.902. The SMILES string of the molecule is N#Cc1ccc([N+](=O)[O-])c(NCCC2CC2)c1. The average molecular weight is 231 g/mol. The number of rotatable bonds is 5. The van der Waals surface area contributed by atoms with E-state index in [9.17, 15) is 10.1 Å². The number of nitrogens with zero attached hydrogens (tertiary/aromatic N) is 2. The number of nitro benzene ring substituents is 1. The molecule has 1 aliphatic carbocycles. The molecule has 88 valence electrons. The van der Waals surface area contributed by atoms with Crippen LogP contribution in [0.5, 0.6) is 0 Å². The van der Waals surface area contributed by atoms with E-state index in [2.05, 4.69) is 5.32 Å². The quantitative estimate of drug-likeness (QED) is 0.624. The van der Waals surface area contributed by atoms with E-state index < -0.39 is 4.92 Å². The molecular weight excluding hydrogens is 218 g/mol. The Bertz CT molecular complexity index is 475. The largest absolute Gasteiger partial charge is 0.379 e. The van der Waals surface area contributed by atoms with E-state index in [-0.39, 0.29) is 5.69 Å². The molecule has 0 atom stereocenters. The van der Waals surface area contributed by atoms with Crippen LogP contribution in [0, 0.1) is 27.4 Å². The number of nitrogens with one attached hydrogen (secondary N) is 1. The number of hydrogen-bond donors (Lipinski definition) is 1. The van der Waals surface area contributed by atoms with Gasteiger partial charge in [0, 0.05) is 12.6 Å². The standard InChI is InChI=1S/C12H13N3O2/c13-8-10-3-4-12(15(16)17)11(7-10)14-6-5-9-1-2-9/h3-4,7,9,14H,1-2,5-6H2. The molecule has 0 aliphatic heterocycles. The molecule has 1 aromatic carbocycles. The van der Waals surface area contributed by atoms with Crippen LogP contribution in [-0.4, -0.2) is 11.5 Å². The fourth-order valence-electron chi connectivity index (χ4n) is 1.72. The van der Waals surface area contributed by atoms with E-state index in [0.29, 0.717) is 11.3 Å². The van der Waals surface area contributed by atoms with E-state index in [0.717, 1.165) is 18.9 Å². The van der Waals surface area contributed by atoms with Gasteiger partial charge in [0.15, 0.2) is 0 Å². The molecule has 0 amide bonds. The number of anilines is 1. The summed E-state index contributed by atoms with van der Waals surface area (Å²) in [6, 6.07) is 6.35. The molecule has 17 heavy (non-hydrogen) atoms. The van der Waals surface area contributed by atoms with Gasteiger partial charge < -0.3 is 5.32 Å². The smallest absolute Gasteiger partial charge is 0.292 e. The Hall–Kier alpha value is -2.09. The maximum Gasteiger partial charge on any atom is 0.292 e. The van der Waals surface area contributed by atoms with Crippen LogP contribution in [0.25, 0.3) is 0 Å². The van der Waals surface area contributed by atoms with Crippen LogP contribution in [0.3, 0.4) is 0 Å². The van der Waals surface area contributed by atoms with Gasteiger partial charge in [-0.25, -0.2) is 0 Å². The minimum Gasteiger partial charge on any atom is -0.379 e. The van der Waals surface area contributed by atoms with Crippen LogP contribution >= 0.6 is 0 Å². The summed E-state index contributed by atoms with van der Waals surface area (Å²) < 4.78 is 0. The van der Waals surface area contributed by atoms with Crippen molar-refractivity contribution in [3.63, 3.8) is 0 Å². The van der Waals surface area contributed by atoms with Gasteiger partial charge in [-0.1, -0.05) is 12.8 Å². The Morgan fingerprint density at radius 3 is 2.88 bits per heavy atom. The molecule has 1 aromatic rings. The summed E-state index contributed by atoms with van der Waals surface area (Å²) in [4.78, 5) is 10.4. The maximum atomic E-state index is 10.8. The van der Waals surface area contributed by atoms with E-state index in [1.54, 1.807) is 0 Å². The van der Waals surface area contributed by atoms with Crippen LogP contribution in [0.15, 0.2) is 18.2 Å². The summed E-state index contributed by atoms with van der Waals surface area (Å²) >= 11 is 0. The zero-order chi connectivity index (χ0) is 12.3. The summed E-state index contributed by atoms with van der Waals surface area (Å²) in [6.45, 7) is 0.723. The predicted molar refractivity (Wildman–Crippen MR) is 63.6 cm³/mol. The van der Waals surface area contributed by atoms with Gasteiger partial charge in [-0.3, -0.25) is 10.1 Å². The molecule has 5 nitrogen and oxygen atoms in total. The molecule has 0 radical (unpaired) electrons. The van der Waals surface area contributed by atoms with Crippen molar-refractivity contribution in [3.8, 4) is 6.07 Å². The van der Waals surface area contributed by atoms with Gasteiger partial charge in [0.25, 0.3) is 5.69 Å². The van der Waals surface area contributed by atoms with Crippen molar-refractivity contribution in [1.82, 2.24) is 0 Å². The Balaban J connectivity index is 2.09. The van der Waals surface area contributed by atoms with Crippen LogP contribution in [0.4, 0.5) is 11.4 Å². The van der Waals surface area contributed by atoms with E-state index in [1.165, 1.54) is 31.0 Å². The van der Waals surface area contributed by atoms with E-state index in [4.69, 9.17) is 5.26 Å². The van der Waals surface area contributed by atoms with Crippen LogP contribution < -0.4 is 5.32 Å². The minimum absolute atomic E-state index is 0.0276. The Kier molecular flexibility index (Phi) is 3.24. The van der Waals surface area contributed by atoms with Crippen molar-refractivity contribution in [2.45, 2.75) is 19.3 Å². The lowest BCUT2D eigenvalue weighted by Crippen LogP contribution is -2.05. The van der Waals surface area contributed by atoms with Gasteiger partial charge in [-0.05, 0) is 24.5 Å². The zero-order valence-electron chi connectivity index (χ0n) is 9.35. The average Bonchev–Trinajstić information content (AvgIpc) is 3.12. The predicted octanol–water partition coefficient (Wildman–Crippen LogP) is 2.68. The van der Waals surface area contributed by atoms with Crippen LogP contribution in [0.1, 0.15) is 24.8 Å². The second-order valence-corrected chi connectivity index (χ2v) is 4.26. The third kappa shape index (κ3) is 2.94. The highest BCUT2D eigenvalue weighted by Gasteiger charge is 2.21. The Labute approximate surface area is 99.2 Å². The van der Waals surface area contributed by atoms with Crippen LogP contribution in [-0.2, 0) is 0 Å². The van der Waals surface area contributed by atoms with E-state index >= 15 is 0 Å². The van der Waals surface area contributed by atoms with Crippen molar-refractivity contribution in [2.75, 3.05) is 11.9 Å². The molecule has 1 fully saturated rings. The molecule has 2 rings (SSSR count). The highest BCUT2D eigenvalue weighted by Crippen LogP contribution is 2.32. The van der Waals surface area contributed by atoms with Crippen molar-refractivity contribution < 1.29 is 4.92 Å². The molecule has 1 aliphatic rings. The molecule has 0 bridgehead atoms. The number of nitriles is 1. The van der Waals surface area contributed by atoms with Crippen molar-refractivity contribution in [3.05, 3.63) is 33.9 Å².